The van der Waals surface area contributed by atoms with Crippen molar-refractivity contribution in [2.45, 2.75) is 6.42 Å². The van der Waals surface area contributed by atoms with Crippen molar-refractivity contribution in [2.75, 3.05) is 18.8 Å². The summed E-state index contributed by atoms with van der Waals surface area (Å²) < 4.78 is 0.915. The Hall–Kier alpha value is -1.59. The lowest BCUT2D eigenvalue weighted by molar-refractivity contribution is 0.0859. The summed E-state index contributed by atoms with van der Waals surface area (Å²) in [5, 5.41) is 0.839. The molecule has 0 spiro atoms. The Labute approximate surface area is 148 Å². The minimum absolute atomic E-state index is 0.0229. The zero-order chi connectivity index (χ0) is 16.1. The molecule has 1 amide bonds. The topological polar surface area (TPSA) is 32.7 Å². The number of carbonyl (C=O) groups is 1. The second kappa shape index (κ2) is 7.79. The van der Waals surface area contributed by atoms with Gasteiger partial charge in [0.25, 0.3) is 5.91 Å². The number of hydrogen-bond donors (Lipinski definition) is 0. The zero-order valence-electron chi connectivity index (χ0n) is 12.6. The van der Waals surface area contributed by atoms with E-state index in [1.54, 1.807) is 16.7 Å². The van der Waals surface area contributed by atoms with Crippen molar-refractivity contribution in [1.29, 1.82) is 0 Å². The second-order valence-electron chi connectivity index (χ2n) is 5.22. The first kappa shape index (κ1) is 16.3. The lowest BCUT2D eigenvalue weighted by Gasteiger charge is -2.16. The van der Waals surface area contributed by atoms with Gasteiger partial charge < -0.3 is 0 Å². The standard InChI is InChI=1S/C18H17BrN2OS/c19-16-8-4-7-15(13-16)17(22)21-11-12-23-18(21)20-10-9-14-5-2-1-3-6-14/h1-8,13H,9-12H2. The van der Waals surface area contributed by atoms with Crippen molar-refractivity contribution < 1.29 is 4.79 Å². The Morgan fingerprint density at radius 1 is 1.17 bits per heavy atom. The summed E-state index contributed by atoms with van der Waals surface area (Å²) in [7, 11) is 0. The van der Waals surface area contributed by atoms with E-state index < -0.39 is 0 Å². The maximum Gasteiger partial charge on any atom is 0.259 e. The number of carbonyl (C=O) groups excluding carboxylic acids is 1. The van der Waals surface area contributed by atoms with Gasteiger partial charge in [0.2, 0.25) is 0 Å². The fourth-order valence-corrected chi connectivity index (χ4v) is 3.79. The van der Waals surface area contributed by atoms with Gasteiger partial charge in [-0.05, 0) is 30.2 Å². The molecule has 0 unspecified atom stereocenters. The highest BCUT2D eigenvalue weighted by molar-refractivity contribution is 9.10. The lowest BCUT2D eigenvalue weighted by atomic mass is 10.2. The fraction of sp³-hybridized carbons (Fsp3) is 0.222. The molecular formula is C18H17BrN2OS. The minimum atomic E-state index is 0.0229. The van der Waals surface area contributed by atoms with Crippen LogP contribution in [0.1, 0.15) is 15.9 Å². The Balaban J connectivity index is 1.67. The van der Waals surface area contributed by atoms with Crippen LogP contribution in [0.4, 0.5) is 0 Å². The molecule has 5 heteroatoms. The first-order valence-corrected chi connectivity index (χ1v) is 9.30. The van der Waals surface area contributed by atoms with Crippen molar-refractivity contribution in [3.63, 3.8) is 0 Å². The van der Waals surface area contributed by atoms with Crippen molar-refractivity contribution in [1.82, 2.24) is 4.90 Å². The SMILES string of the molecule is O=C(c1cccc(Br)c1)N1CCSC1=NCCc1ccccc1. The van der Waals surface area contributed by atoms with Gasteiger partial charge in [0.05, 0.1) is 0 Å². The molecule has 0 aliphatic carbocycles. The molecule has 1 heterocycles. The number of hydrogen-bond acceptors (Lipinski definition) is 3. The Morgan fingerprint density at radius 3 is 2.78 bits per heavy atom. The molecular weight excluding hydrogens is 372 g/mol. The summed E-state index contributed by atoms with van der Waals surface area (Å²) in [5.41, 5.74) is 1.96. The molecule has 3 nitrogen and oxygen atoms in total. The van der Waals surface area contributed by atoms with Crippen LogP contribution in [0.5, 0.6) is 0 Å². The molecule has 118 valence electrons. The second-order valence-corrected chi connectivity index (χ2v) is 7.19. The number of amides is 1. The molecule has 1 aliphatic heterocycles. The van der Waals surface area contributed by atoms with Crippen LogP contribution in [-0.2, 0) is 6.42 Å². The molecule has 3 rings (SSSR count). The van der Waals surface area contributed by atoms with Gasteiger partial charge >= 0.3 is 0 Å². The molecule has 0 saturated carbocycles. The van der Waals surface area contributed by atoms with Crippen LogP contribution in [-0.4, -0.2) is 34.8 Å². The van der Waals surface area contributed by atoms with Crippen molar-refractivity contribution in [2.24, 2.45) is 4.99 Å². The fourth-order valence-electron chi connectivity index (χ4n) is 2.42. The van der Waals surface area contributed by atoms with E-state index in [9.17, 15) is 4.79 Å². The van der Waals surface area contributed by atoms with Gasteiger partial charge in [-0.1, -0.05) is 64.1 Å². The monoisotopic (exact) mass is 388 g/mol. The third-order valence-corrected chi connectivity index (χ3v) is 5.07. The smallest absolute Gasteiger partial charge is 0.259 e. The summed E-state index contributed by atoms with van der Waals surface area (Å²) in [5.74, 6) is 0.930. The van der Waals surface area contributed by atoms with Gasteiger partial charge in [0, 0.05) is 28.9 Å². The van der Waals surface area contributed by atoms with Gasteiger partial charge in [-0.3, -0.25) is 14.7 Å². The predicted molar refractivity (Wildman–Crippen MR) is 100 cm³/mol. The van der Waals surface area contributed by atoms with Gasteiger partial charge in [0.15, 0.2) is 5.17 Å². The first-order valence-electron chi connectivity index (χ1n) is 7.52. The van der Waals surface area contributed by atoms with E-state index in [1.807, 2.05) is 42.5 Å². The summed E-state index contributed by atoms with van der Waals surface area (Å²) in [6, 6.07) is 17.8. The number of amidine groups is 1. The Kier molecular flexibility index (Phi) is 5.51. The molecule has 2 aromatic carbocycles. The highest BCUT2D eigenvalue weighted by Gasteiger charge is 2.26. The van der Waals surface area contributed by atoms with Crippen LogP contribution in [0.2, 0.25) is 0 Å². The van der Waals surface area contributed by atoms with E-state index in [0.717, 1.165) is 28.4 Å². The third-order valence-electron chi connectivity index (χ3n) is 3.58. The highest BCUT2D eigenvalue weighted by Crippen LogP contribution is 2.22. The van der Waals surface area contributed by atoms with Crippen molar-refractivity contribution in [3.05, 3.63) is 70.2 Å². The summed E-state index contributed by atoms with van der Waals surface area (Å²) in [4.78, 5) is 19.1. The normalized spacial score (nSPS) is 16.0. The first-order chi connectivity index (χ1) is 11.2. The average molecular weight is 389 g/mol. The van der Waals surface area contributed by atoms with Crippen LogP contribution in [0.3, 0.4) is 0 Å². The molecule has 1 saturated heterocycles. The third kappa shape index (κ3) is 4.24. The lowest BCUT2D eigenvalue weighted by Crippen LogP contribution is -2.32. The number of rotatable bonds is 4. The number of aliphatic imine (C=N–C) groups is 1. The number of nitrogens with zero attached hydrogens (tertiary/aromatic N) is 2. The number of halogens is 1. The molecule has 1 aliphatic rings. The van der Waals surface area contributed by atoms with E-state index in [-0.39, 0.29) is 5.91 Å². The highest BCUT2D eigenvalue weighted by atomic mass is 79.9. The maximum atomic E-state index is 12.7. The summed E-state index contributed by atoms with van der Waals surface area (Å²) in [6.45, 7) is 1.43. The van der Waals surface area contributed by atoms with Crippen LogP contribution < -0.4 is 0 Å². The molecule has 23 heavy (non-hydrogen) atoms. The predicted octanol–water partition coefficient (Wildman–Crippen LogP) is 4.24. The quantitative estimate of drug-likeness (QED) is 0.784. The number of benzene rings is 2. The average Bonchev–Trinajstić information content (AvgIpc) is 3.03. The van der Waals surface area contributed by atoms with Crippen LogP contribution in [0.15, 0.2) is 64.1 Å². The molecule has 1 fully saturated rings. The van der Waals surface area contributed by atoms with E-state index in [1.165, 1.54) is 5.56 Å². The summed E-state index contributed by atoms with van der Waals surface area (Å²) >= 11 is 5.07. The minimum Gasteiger partial charge on any atom is -0.287 e. The molecule has 0 atom stereocenters. The Bertz CT molecular complexity index is 718. The largest absolute Gasteiger partial charge is 0.287 e. The van der Waals surface area contributed by atoms with Crippen LogP contribution in [0.25, 0.3) is 0 Å². The van der Waals surface area contributed by atoms with E-state index in [2.05, 4.69) is 33.1 Å². The zero-order valence-corrected chi connectivity index (χ0v) is 15.0. The van der Waals surface area contributed by atoms with Gasteiger partial charge in [-0.2, -0.15) is 0 Å². The number of thioether (sulfide) groups is 1. The molecule has 0 radical (unpaired) electrons. The summed E-state index contributed by atoms with van der Waals surface area (Å²) in [6.07, 6.45) is 0.893. The van der Waals surface area contributed by atoms with Gasteiger partial charge in [-0.25, -0.2) is 0 Å². The van der Waals surface area contributed by atoms with Gasteiger partial charge in [0.1, 0.15) is 0 Å². The van der Waals surface area contributed by atoms with E-state index in [4.69, 9.17) is 0 Å². The van der Waals surface area contributed by atoms with E-state index in [0.29, 0.717) is 12.1 Å². The van der Waals surface area contributed by atoms with Crippen LogP contribution >= 0.6 is 27.7 Å². The molecule has 0 N–H and O–H groups in total. The molecule has 0 aromatic heterocycles. The van der Waals surface area contributed by atoms with E-state index >= 15 is 0 Å². The van der Waals surface area contributed by atoms with Crippen molar-refractivity contribution >= 4 is 38.8 Å². The van der Waals surface area contributed by atoms with Crippen LogP contribution in [0, 0.1) is 0 Å². The Morgan fingerprint density at radius 2 is 2.00 bits per heavy atom. The van der Waals surface area contributed by atoms with Crippen molar-refractivity contribution in [3.8, 4) is 0 Å². The van der Waals surface area contributed by atoms with Gasteiger partial charge in [-0.15, -0.1) is 0 Å². The maximum absolute atomic E-state index is 12.7. The molecule has 2 aromatic rings. The molecule has 0 bridgehead atoms.